The average molecular weight is 255 g/mol. The predicted molar refractivity (Wildman–Crippen MR) is 80.1 cm³/mol. The van der Waals surface area contributed by atoms with Crippen molar-refractivity contribution in [1.82, 2.24) is 15.1 Å². The molecular weight excluding hydrogens is 222 g/mol. The summed E-state index contributed by atoms with van der Waals surface area (Å²) < 4.78 is 0. The van der Waals surface area contributed by atoms with Crippen LogP contribution >= 0.6 is 0 Å². The number of likely N-dealkylation sites (N-methyl/N-ethyl adjacent to an activating group) is 2. The molecule has 0 bridgehead atoms. The van der Waals surface area contributed by atoms with Crippen LogP contribution in [0, 0.1) is 5.92 Å². The third-order valence-electron chi connectivity index (χ3n) is 3.94. The highest BCUT2D eigenvalue weighted by atomic mass is 15.2. The van der Waals surface area contributed by atoms with Gasteiger partial charge in [0.2, 0.25) is 0 Å². The van der Waals surface area contributed by atoms with Gasteiger partial charge in [0.25, 0.3) is 0 Å². The number of hydrogen-bond acceptors (Lipinski definition) is 3. The molecule has 0 saturated heterocycles. The van der Waals surface area contributed by atoms with Crippen LogP contribution in [-0.4, -0.2) is 62.2 Å². The summed E-state index contributed by atoms with van der Waals surface area (Å²) in [5.74, 6) is 0.942. The normalized spacial score (nSPS) is 19.5. The SMILES string of the molecule is CCCNC(CN(CC)C(C)CN(C)C)C1CC1. The Morgan fingerprint density at radius 2 is 1.83 bits per heavy atom. The maximum Gasteiger partial charge on any atom is 0.0223 e. The summed E-state index contributed by atoms with van der Waals surface area (Å²) in [6, 6.07) is 1.36. The van der Waals surface area contributed by atoms with Gasteiger partial charge in [-0.15, -0.1) is 0 Å². The molecule has 1 aliphatic rings. The van der Waals surface area contributed by atoms with Crippen molar-refractivity contribution in [1.29, 1.82) is 0 Å². The zero-order chi connectivity index (χ0) is 13.5. The van der Waals surface area contributed by atoms with Crippen LogP contribution in [0.25, 0.3) is 0 Å². The third kappa shape index (κ3) is 5.68. The van der Waals surface area contributed by atoms with Crippen molar-refractivity contribution in [2.75, 3.05) is 40.3 Å². The second-order valence-corrected chi connectivity index (χ2v) is 6.10. The molecule has 2 unspecified atom stereocenters. The number of nitrogens with one attached hydrogen (secondary N) is 1. The van der Waals surface area contributed by atoms with Crippen LogP contribution in [0.3, 0.4) is 0 Å². The molecule has 1 saturated carbocycles. The summed E-state index contributed by atoms with van der Waals surface area (Å²) in [6.45, 7) is 11.6. The van der Waals surface area contributed by atoms with E-state index in [1.165, 1.54) is 32.4 Å². The largest absolute Gasteiger partial charge is 0.312 e. The van der Waals surface area contributed by atoms with Crippen molar-refractivity contribution < 1.29 is 0 Å². The molecule has 0 heterocycles. The Morgan fingerprint density at radius 3 is 2.28 bits per heavy atom. The van der Waals surface area contributed by atoms with Crippen LogP contribution in [-0.2, 0) is 0 Å². The highest BCUT2D eigenvalue weighted by molar-refractivity contribution is 4.89. The van der Waals surface area contributed by atoms with E-state index in [1.54, 1.807) is 0 Å². The first-order chi connectivity index (χ1) is 8.58. The number of hydrogen-bond donors (Lipinski definition) is 1. The van der Waals surface area contributed by atoms with E-state index >= 15 is 0 Å². The molecule has 0 aromatic heterocycles. The van der Waals surface area contributed by atoms with E-state index in [4.69, 9.17) is 0 Å². The van der Waals surface area contributed by atoms with E-state index in [2.05, 4.69) is 50.0 Å². The fourth-order valence-corrected chi connectivity index (χ4v) is 2.73. The fourth-order valence-electron chi connectivity index (χ4n) is 2.73. The molecule has 1 N–H and O–H groups in total. The summed E-state index contributed by atoms with van der Waals surface area (Å²) in [5.41, 5.74) is 0. The molecule has 108 valence electrons. The monoisotopic (exact) mass is 255 g/mol. The second-order valence-electron chi connectivity index (χ2n) is 6.10. The van der Waals surface area contributed by atoms with Gasteiger partial charge in [-0.25, -0.2) is 0 Å². The quantitative estimate of drug-likeness (QED) is 0.644. The number of nitrogens with zero attached hydrogens (tertiary/aromatic N) is 2. The first kappa shape index (κ1) is 15.9. The van der Waals surface area contributed by atoms with Crippen molar-refractivity contribution in [3.05, 3.63) is 0 Å². The van der Waals surface area contributed by atoms with Gasteiger partial charge in [0.05, 0.1) is 0 Å². The minimum atomic E-state index is 0.648. The molecule has 1 aliphatic carbocycles. The fraction of sp³-hybridized carbons (Fsp3) is 1.00. The summed E-state index contributed by atoms with van der Waals surface area (Å²) in [5, 5.41) is 3.75. The Hall–Kier alpha value is -0.120. The zero-order valence-corrected chi connectivity index (χ0v) is 13.1. The first-order valence-corrected chi connectivity index (χ1v) is 7.70. The van der Waals surface area contributed by atoms with E-state index in [1.807, 2.05) is 0 Å². The molecule has 0 radical (unpaired) electrons. The minimum absolute atomic E-state index is 0.648. The molecule has 0 spiro atoms. The Kier molecular flexibility index (Phi) is 7.20. The summed E-state index contributed by atoms with van der Waals surface area (Å²) in [4.78, 5) is 4.92. The van der Waals surface area contributed by atoms with Crippen LogP contribution in [0.5, 0.6) is 0 Å². The molecule has 0 aliphatic heterocycles. The number of rotatable bonds is 10. The molecule has 0 aromatic carbocycles. The molecule has 3 heteroatoms. The minimum Gasteiger partial charge on any atom is -0.312 e. The van der Waals surface area contributed by atoms with Crippen molar-refractivity contribution in [2.45, 2.75) is 52.1 Å². The van der Waals surface area contributed by atoms with Crippen LogP contribution in [0.4, 0.5) is 0 Å². The molecule has 2 atom stereocenters. The van der Waals surface area contributed by atoms with Crippen LogP contribution in [0.2, 0.25) is 0 Å². The Bertz CT molecular complexity index is 214. The van der Waals surface area contributed by atoms with Gasteiger partial charge in [-0.1, -0.05) is 13.8 Å². The van der Waals surface area contributed by atoms with Crippen LogP contribution < -0.4 is 5.32 Å². The van der Waals surface area contributed by atoms with E-state index in [-0.39, 0.29) is 0 Å². The van der Waals surface area contributed by atoms with Gasteiger partial charge in [-0.2, -0.15) is 0 Å². The van der Waals surface area contributed by atoms with Crippen LogP contribution in [0.15, 0.2) is 0 Å². The molecule has 18 heavy (non-hydrogen) atoms. The van der Waals surface area contributed by atoms with Crippen molar-refractivity contribution >= 4 is 0 Å². The lowest BCUT2D eigenvalue weighted by molar-refractivity contribution is 0.159. The Morgan fingerprint density at radius 1 is 1.17 bits per heavy atom. The van der Waals surface area contributed by atoms with Crippen LogP contribution in [0.1, 0.15) is 40.0 Å². The highest BCUT2D eigenvalue weighted by Crippen LogP contribution is 2.33. The van der Waals surface area contributed by atoms with E-state index in [0.717, 1.165) is 25.0 Å². The lowest BCUT2D eigenvalue weighted by atomic mass is 10.1. The summed E-state index contributed by atoms with van der Waals surface area (Å²) in [7, 11) is 4.33. The lowest BCUT2D eigenvalue weighted by Gasteiger charge is -2.33. The third-order valence-corrected chi connectivity index (χ3v) is 3.94. The van der Waals surface area contributed by atoms with E-state index in [0.29, 0.717) is 6.04 Å². The topological polar surface area (TPSA) is 18.5 Å². The van der Waals surface area contributed by atoms with Gasteiger partial charge < -0.3 is 10.2 Å². The molecule has 3 nitrogen and oxygen atoms in total. The standard InChI is InChI=1S/C15H33N3/c1-6-10-16-15(14-8-9-14)12-18(7-2)13(3)11-17(4)5/h13-16H,6-12H2,1-5H3. The molecule has 0 amide bonds. The van der Waals surface area contributed by atoms with Gasteiger partial charge in [-0.3, -0.25) is 4.90 Å². The Balaban J connectivity index is 2.42. The van der Waals surface area contributed by atoms with Gasteiger partial charge in [0.15, 0.2) is 0 Å². The van der Waals surface area contributed by atoms with Gasteiger partial charge in [0, 0.05) is 25.2 Å². The van der Waals surface area contributed by atoms with Crippen molar-refractivity contribution in [3.63, 3.8) is 0 Å². The predicted octanol–water partition coefficient (Wildman–Crippen LogP) is 2.04. The van der Waals surface area contributed by atoms with Gasteiger partial charge in [-0.05, 0) is 59.3 Å². The molecule has 0 aromatic rings. The first-order valence-electron chi connectivity index (χ1n) is 7.70. The molecule has 1 fully saturated rings. The highest BCUT2D eigenvalue weighted by Gasteiger charge is 2.32. The van der Waals surface area contributed by atoms with Crippen molar-refractivity contribution in [2.24, 2.45) is 5.92 Å². The van der Waals surface area contributed by atoms with Gasteiger partial charge >= 0.3 is 0 Å². The lowest BCUT2D eigenvalue weighted by Crippen LogP contribution is -2.48. The van der Waals surface area contributed by atoms with E-state index in [9.17, 15) is 0 Å². The average Bonchev–Trinajstić information content (AvgIpc) is 3.12. The van der Waals surface area contributed by atoms with E-state index < -0.39 is 0 Å². The summed E-state index contributed by atoms with van der Waals surface area (Å²) in [6.07, 6.45) is 4.10. The zero-order valence-electron chi connectivity index (χ0n) is 13.1. The molecular formula is C15H33N3. The summed E-state index contributed by atoms with van der Waals surface area (Å²) >= 11 is 0. The maximum atomic E-state index is 3.75. The Labute approximate surface area is 114 Å². The van der Waals surface area contributed by atoms with Gasteiger partial charge in [0.1, 0.15) is 0 Å². The smallest absolute Gasteiger partial charge is 0.0223 e. The maximum absolute atomic E-state index is 3.75. The van der Waals surface area contributed by atoms with Crippen molar-refractivity contribution in [3.8, 4) is 0 Å². The second kappa shape index (κ2) is 8.13. The molecule has 1 rings (SSSR count).